The number of terminal acetylenes is 1. The second-order valence-electron chi connectivity index (χ2n) is 10.5. The number of hydrogen-bond acceptors (Lipinski definition) is 6. The number of benzene rings is 2. The van der Waals surface area contributed by atoms with Crippen LogP contribution in [0.2, 0.25) is 18.1 Å². The Morgan fingerprint density at radius 3 is 2.29 bits per heavy atom. The normalized spacial score (nSPS) is 29.3. The smallest absolute Gasteiger partial charge is 0.192 e. The highest BCUT2D eigenvalue weighted by Gasteiger charge is 2.54. The van der Waals surface area contributed by atoms with Crippen molar-refractivity contribution in [2.75, 3.05) is 13.2 Å². The molecule has 4 rings (SSSR count). The Kier molecular flexibility index (Phi) is 8.44. The van der Waals surface area contributed by atoms with Gasteiger partial charge in [0.05, 0.1) is 6.61 Å². The Balaban J connectivity index is 1.67. The summed E-state index contributed by atoms with van der Waals surface area (Å²) in [6.45, 7) is 11.8. The quantitative estimate of drug-likeness (QED) is 0.334. The Bertz CT molecular complexity index is 988. The minimum Gasteiger partial charge on any atom is -0.408 e. The Labute approximate surface area is 215 Å². The number of rotatable bonds is 7. The highest BCUT2D eigenvalue weighted by molar-refractivity contribution is 7.99. The molecule has 2 aromatic rings. The van der Waals surface area contributed by atoms with E-state index < -0.39 is 20.7 Å². The third-order valence-corrected chi connectivity index (χ3v) is 12.6. The molecule has 0 amide bonds. The van der Waals surface area contributed by atoms with E-state index in [1.165, 1.54) is 0 Å². The van der Waals surface area contributed by atoms with Crippen molar-refractivity contribution in [3.05, 3.63) is 66.2 Å². The lowest BCUT2D eigenvalue weighted by Crippen LogP contribution is -2.65. The maximum atomic E-state index is 7.05. The number of hydrogen-bond donors (Lipinski definition) is 0. The van der Waals surface area contributed by atoms with Gasteiger partial charge in [0.1, 0.15) is 36.5 Å². The first-order chi connectivity index (χ1) is 16.7. The third kappa shape index (κ3) is 6.20. The zero-order chi connectivity index (χ0) is 25.1. The van der Waals surface area contributed by atoms with Crippen molar-refractivity contribution in [3.63, 3.8) is 0 Å². The molecule has 0 N–H and O–H groups in total. The summed E-state index contributed by atoms with van der Waals surface area (Å²) in [7, 11) is -2.19. The second kappa shape index (κ2) is 11.2. The van der Waals surface area contributed by atoms with Gasteiger partial charge in [0.15, 0.2) is 14.6 Å². The molecule has 188 valence electrons. The van der Waals surface area contributed by atoms with Gasteiger partial charge in [-0.2, -0.15) is 0 Å². The monoisotopic (exact) mass is 512 g/mol. The van der Waals surface area contributed by atoms with Crippen LogP contribution in [0.1, 0.15) is 32.6 Å². The lowest BCUT2D eigenvalue weighted by molar-refractivity contribution is -0.319. The predicted octanol–water partition coefficient (Wildman–Crippen LogP) is 6.03. The molecular formula is C28H36O5SSi. The van der Waals surface area contributed by atoms with Crippen molar-refractivity contribution in [2.45, 2.75) is 79.9 Å². The van der Waals surface area contributed by atoms with Gasteiger partial charge in [-0.3, -0.25) is 0 Å². The van der Waals surface area contributed by atoms with Crippen LogP contribution in [0, 0.1) is 12.3 Å². The van der Waals surface area contributed by atoms with Gasteiger partial charge >= 0.3 is 0 Å². The van der Waals surface area contributed by atoms with Crippen LogP contribution in [0.3, 0.4) is 0 Å². The van der Waals surface area contributed by atoms with Crippen molar-refractivity contribution in [2.24, 2.45) is 0 Å². The molecule has 5 nitrogen and oxygen atoms in total. The van der Waals surface area contributed by atoms with Crippen LogP contribution in [0.5, 0.6) is 0 Å². The first-order valence-electron chi connectivity index (χ1n) is 12.1. The van der Waals surface area contributed by atoms with Crippen molar-refractivity contribution in [3.8, 4) is 12.3 Å². The Hall–Kier alpha value is -1.63. The lowest BCUT2D eigenvalue weighted by Gasteiger charge is -2.52. The van der Waals surface area contributed by atoms with Crippen LogP contribution >= 0.6 is 11.8 Å². The summed E-state index contributed by atoms with van der Waals surface area (Å²) in [5.41, 5.74) is 0.654. The molecule has 35 heavy (non-hydrogen) atoms. The van der Waals surface area contributed by atoms with Gasteiger partial charge in [0.25, 0.3) is 0 Å². The molecule has 0 spiro atoms. The first-order valence-corrected chi connectivity index (χ1v) is 15.9. The minimum atomic E-state index is -2.19. The SMILES string of the molecule is C#CCO[C@H]1[C@@H](O[Si](C)(C)C(C)(C)C)[C@@H]2OC(c3ccccc3)OC[C@H]2O[C@@H]1Sc1ccccc1. The summed E-state index contributed by atoms with van der Waals surface area (Å²) in [6, 6.07) is 20.2. The Morgan fingerprint density at radius 1 is 1.00 bits per heavy atom. The molecule has 2 saturated heterocycles. The van der Waals surface area contributed by atoms with E-state index in [-0.39, 0.29) is 35.4 Å². The molecular weight excluding hydrogens is 476 g/mol. The van der Waals surface area contributed by atoms with Gasteiger partial charge in [-0.25, -0.2) is 0 Å². The average molecular weight is 513 g/mol. The molecule has 0 aliphatic carbocycles. The molecule has 6 atom stereocenters. The van der Waals surface area contributed by atoms with Crippen LogP contribution in [0.25, 0.3) is 0 Å². The van der Waals surface area contributed by atoms with Gasteiger partial charge in [-0.05, 0) is 30.3 Å². The number of thioether (sulfide) groups is 1. The average Bonchev–Trinajstić information content (AvgIpc) is 2.84. The van der Waals surface area contributed by atoms with E-state index in [4.69, 9.17) is 29.8 Å². The van der Waals surface area contributed by atoms with E-state index in [0.717, 1.165) is 10.5 Å². The molecule has 2 aliphatic rings. The fourth-order valence-electron chi connectivity index (χ4n) is 4.03. The zero-order valence-electron chi connectivity index (χ0n) is 21.2. The minimum absolute atomic E-state index is 0.0174. The van der Waals surface area contributed by atoms with Crippen LogP contribution in [-0.4, -0.2) is 51.4 Å². The molecule has 2 aromatic carbocycles. The van der Waals surface area contributed by atoms with E-state index >= 15 is 0 Å². The summed E-state index contributed by atoms with van der Waals surface area (Å²) in [4.78, 5) is 1.09. The molecule has 2 aliphatic heterocycles. The van der Waals surface area contributed by atoms with Crippen LogP contribution < -0.4 is 0 Å². The van der Waals surface area contributed by atoms with Gasteiger partial charge in [-0.1, -0.05) is 87.0 Å². The van der Waals surface area contributed by atoms with Crippen LogP contribution in [-0.2, 0) is 23.4 Å². The summed E-state index contributed by atoms with van der Waals surface area (Å²) in [5, 5.41) is 0.0174. The van der Waals surface area contributed by atoms with E-state index in [0.29, 0.717) is 6.61 Å². The summed E-state index contributed by atoms with van der Waals surface area (Å²) in [6.07, 6.45) is 3.74. The maximum absolute atomic E-state index is 7.05. The van der Waals surface area contributed by atoms with Gasteiger partial charge in [0.2, 0.25) is 0 Å². The Morgan fingerprint density at radius 2 is 1.66 bits per heavy atom. The number of ether oxygens (including phenoxy) is 4. The zero-order valence-corrected chi connectivity index (χ0v) is 23.0. The van der Waals surface area contributed by atoms with Crippen LogP contribution in [0.4, 0.5) is 0 Å². The molecule has 0 aromatic heterocycles. The highest BCUT2D eigenvalue weighted by atomic mass is 32.2. The number of fused-ring (bicyclic) bond motifs is 1. The maximum Gasteiger partial charge on any atom is 0.192 e. The van der Waals surface area contributed by atoms with E-state index in [2.05, 4.69) is 51.9 Å². The van der Waals surface area contributed by atoms with Gasteiger partial charge in [0, 0.05) is 10.5 Å². The largest absolute Gasteiger partial charge is 0.408 e. The standard InChI is InChI=1S/C28H36O5SSi/c1-7-18-29-25-24(33-35(5,6)28(2,3)4)23-22(31-27(25)34-21-16-12-9-13-17-21)19-30-26(32-23)20-14-10-8-11-15-20/h1,8-17,22-27H,18-19H2,2-6H3/t22-,23-,24+,25+,26?,27-/m1/s1. The lowest BCUT2D eigenvalue weighted by atomic mass is 9.98. The van der Waals surface area contributed by atoms with Gasteiger partial charge in [-0.15, -0.1) is 6.42 Å². The van der Waals surface area contributed by atoms with Crippen molar-refractivity contribution in [1.82, 2.24) is 0 Å². The molecule has 0 bridgehead atoms. The highest BCUT2D eigenvalue weighted by Crippen LogP contribution is 2.45. The van der Waals surface area contributed by atoms with Crippen molar-refractivity contribution < 1.29 is 23.4 Å². The molecule has 2 heterocycles. The molecule has 0 radical (unpaired) electrons. The second-order valence-corrected chi connectivity index (χ2v) is 16.4. The predicted molar refractivity (Wildman–Crippen MR) is 142 cm³/mol. The summed E-state index contributed by atoms with van der Waals surface area (Å²) < 4.78 is 32.6. The first kappa shape index (κ1) is 26.4. The molecule has 2 fully saturated rings. The van der Waals surface area contributed by atoms with Crippen LogP contribution in [0.15, 0.2) is 65.6 Å². The fraction of sp³-hybridized carbons (Fsp3) is 0.500. The topological polar surface area (TPSA) is 46.2 Å². The molecule has 1 unspecified atom stereocenters. The summed E-state index contributed by atoms with van der Waals surface area (Å²) in [5.74, 6) is 2.62. The summed E-state index contributed by atoms with van der Waals surface area (Å²) >= 11 is 1.62. The third-order valence-electron chi connectivity index (χ3n) is 6.95. The van der Waals surface area contributed by atoms with E-state index in [1.807, 2.05) is 48.5 Å². The molecule has 0 saturated carbocycles. The van der Waals surface area contributed by atoms with Crippen molar-refractivity contribution in [1.29, 1.82) is 0 Å². The van der Waals surface area contributed by atoms with E-state index in [9.17, 15) is 0 Å². The fourth-order valence-corrected chi connectivity index (χ4v) is 6.48. The van der Waals surface area contributed by atoms with E-state index in [1.54, 1.807) is 11.8 Å². The van der Waals surface area contributed by atoms with Gasteiger partial charge < -0.3 is 23.4 Å². The van der Waals surface area contributed by atoms with Crippen molar-refractivity contribution >= 4 is 20.1 Å². The molecule has 7 heteroatoms.